The molecule has 1 aliphatic heterocycles. The summed E-state index contributed by atoms with van der Waals surface area (Å²) in [7, 11) is 3.63. The summed E-state index contributed by atoms with van der Waals surface area (Å²) in [5.41, 5.74) is 2.63. The Kier molecular flexibility index (Phi) is 4.71. The molecule has 3 rings (SSSR count). The summed E-state index contributed by atoms with van der Waals surface area (Å²) >= 11 is 0. The molecular formula is C19H25N3O2. The van der Waals surface area contributed by atoms with Gasteiger partial charge in [-0.3, -0.25) is 4.79 Å². The number of nitrogens with zero attached hydrogens (tertiary/aromatic N) is 2. The van der Waals surface area contributed by atoms with Crippen LogP contribution in [0.15, 0.2) is 34.9 Å². The smallest absolute Gasteiger partial charge is 0.230 e. The monoisotopic (exact) mass is 327 g/mol. The van der Waals surface area contributed by atoms with Gasteiger partial charge in [-0.25, -0.2) is 0 Å². The van der Waals surface area contributed by atoms with E-state index in [1.54, 1.807) is 4.90 Å². The minimum atomic E-state index is -0.439. The first-order valence-corrected chi connectivity index (χ1v) is 8.45. The van der Waals surface area contributed by atoms with Gasteiger partial charge in [-0.05, 0) is 26.3 Å². The quantitative estimate of drug-likeness (QED) is 0.938. The molecule has 1 N–H and O–H groups in total. The van der Waals surface area contributed by atoms with Crippen molar-refractivity contribution in [2.24, 2.45) is 5.41 Å². The van der Waals surface area contributed by atoms with Crippen LogP contribution in [0.2, 0.25) is 0 Å². The number of rotatable bonds is 4. The fraction of sp³-hybridized carbons (Fsp3) is 0.474. The van der Waals surface area contributed by atoms with Crippen molar-refractivity contribution in [2.45, 2.75) is 26.2 Å². The predicted octanol–water partition coefficient (Wildman–Crippen LogP) is 2.65. The van der Waals surface area contributed by atoms with Gasteiger partial charge in [0.15, 0.2) is 0 Å². The molecule has 1 saturated heterocycles. The number of hydrogen-bond donors (Lipinski definition) is 1. The SMILES string of the molecule is Cc1ccc(-c2cc(C[C@]3(C(=O)N(C)C)CCCNC3)on2)cc1. The number of nitrogens with one attached hydrogen (secondary N) is 1. The van der Waals surface area contributed by atoms with Gasteiger partial charge in [0.25, 0.3) is 0 Å². The first-order chi connectivity index (χ1) is 11.5. The van der Waals surface area contributed by atoms with Gasteiger partial charge < -0.3 is 14.7 Å². The van der Waals surface area contributed by atoms with Gasteiger partial charge in [-0.1, -0.05) is 35.0 Å². The molecule has 5 nitrogen and oxygen atoms in total. The predicted molar refractivity (Wildman–Crippen MR) is 93.6 cm³/mol. The Balaban J connectivity index is 1.83. The molecule has 2 heterocycles. The number of benzene rings is 1. The number of carbonyl (C=O) groups is 1. The lowest BCUT2D eigenvalue weighted by molar-refractivity contribution is -0.140. The van der Waals surface area contributed by atoms with Crippen molar-refractivity contribution in [1.82, 2.24) is 15.4 Å². The largest absolute Gasteiger partial charge is 0.361 e. The van der Waals surface area contributed by atoms with Crippen LogP contribution >= 0.6 is 0 Å². The summed E-state index contributed by atoms with van der Waals surface area (Å²) < 4.78 is 5.56. The van der Waals surface area contributed by atoms with Crippen molar-refractivity contribution < 1.29 is 9.32 Å². The van der Waals surface area contributed by atoms with Crippen LogP contribution in [0.3, 0.4) is 0 Å². The van der Waals surface area contributed by atoms with E-state index in [1.807, 2.05) is 32.3 Å². The zero-order chi connectivity index (χ0) is 17.2. The summed E-state index contributed by atoms with van der Waals surface area (Å²) in [5.74, 6) is 0.924. The van der Waals surface area contributed by atoms with Crippen LogP contribution in [0.1, 0.15) is 24.2 Å². The van der Waals surface area contributed by atoms with Gasteiger partial charge in [-0.2, -0.15) is 0 Å². The van der Waals surface area contributed by atoms with Crippen LogP contribution in [0.25, 0.3) is 11.3 Å². The average molecular weight is 327 g/mol. The third-order valence-corrected chi connectivity index (χ3v) is 4.75. The van der Waals surface area contributed by atoms with Crippen molar-refractivity contribution in [3.8, 4) is 11.3 Å². The summed E-state index contributed by atoms with van der Waals surface area (Å²) in [6.07, 6.45) is 2.45. The third kappa shape index (κ3) is 3.36. The normalized spacial score (nSPS) is 20.8. The van der Waals surface area contributed by atoms with Crippen molar-refractivity contribution >= 4 is 5.91 Å². The number of hydrogen-bond acceptors (Lipinski definition) is 4. The molecule has 0 spiro atoms. The number of aryl methyl sites for hydroxylation is 1. The Morgan fingerprint density at radius 3 is 2.71 bits per heavy atom. The number of carbonyl (C=O) groups excluding carboxylic acids is 1. The van der Waals surface area contributed by atoms with E-state index >= 15 is 0 Å². The maximum atomic E-state index is 12.8. The Labute approximate surface area is 143 Å². The minimum Gasteiger partial charge on any atom is -0.361 e. The van der Waals surface area contributed by atoms with Crippen LogP contribution in [-0.4, -0.2) is 43.1 Å². The molecule has 0 bridgehead atoms. The third-order valence-electron chi connectivity index (χ3n) is 4.75. The second-order valence-electron chi connectivity index (χ2n) is 6.98. The molecule has 1 aromatic carbocycles. The highest BCUT2D eigenvalue weighted by atomic mass is 16.5. The maximum absolute atomic E-state index is 12.8. The van der Waals surface area contributed by atoms with Crippen molar-refractivity contribution in [3.05, 3.63) is 41.7 Å². The first-order valence-electron chi connectivity index (χ1n) is 8.45. The lowest BCUT2D eigenvalue weighted by Crippen LogP contribution is -2.51. The van der Waals surface area contributed by atoms with E-state index in [0.717, 1.165) is 36.4 Å². The van der Waals surface area contributed by atoms with Crippen LogP contribution in [0.4, 0.5) is 0 Å². The fourth-order valence-electron chi connectivity index (χ4n) is 3.44. The van der Waals surface area contributed by atoms with E-state index in [2.05, 4.69) is 29.5 Å². The topological polar surface area (TPSA) is 58.4 Å². The molecule has 0 saturated carbocycles. The second-order valence-corrected chi connectivity index (χ2v) is 6.98. The molecule has 24 heavy (non-hydrogen) atoms. The van der Waals surface area contributed by atoms with Crippen LogP contribution in [-0.2, 0) is 11.2 Å². The van der Waals surface area contributed by atoms with Crippen LogP contribution < -0.4 is 5.32 Å². The van der Waals surface area contributed by atoms with E-state index < -0.39 is 5.41 Å². The molecule has 0 aliphatic carbocycles. The summed E-state index contributed by atoms with van der Waals surface area (Å²) in [6, 6.07) is 10.2. The Morgan fingerprint density at radius 2 is 2.08 bits per heavy atom. The molecule has 5 heteroatoms. The number of piperidine rings is 1. The van der Waals surface area contributed by atoms with Gasteiger partial charge >= 0.3 is 0 Å². The maximum Gasteiger partial charge on any atom is 0.230 e. The van der Waals surface area contributed by atoms with Crippen LogP contribution in [0.5, 0.6) is 0 Å². The fourth-order valence-corrected chi connectivity index (χ4v) is 3.44. The highest BCUT2D eigenvalue weighted by molar-refractivity contribution is 5.83. The molecule has 1 amide bonds. The lowest BCUT2D eigenvalue weighted by Gasteiger charge is -2.37. The minimum absolute atomic E-state index is 0.156. The van der Waals surface area contributed by atoms with Crippen LogP contribution in [0, 0.1) is 12.3 Å². The van der Waals surface area contributed by atoms with Crippen molar-refractivity contribution in [3.63, 3.8) is 0 Å². The Bertz CT molecular complexity index is 698. The molecule has 1 fully saturated rings. The molecular weight excluding hydrogens is 302 g/mol. The average Bonchev–Trinajstić information content (AvgIpc) is 3.03. The molecule has 128 valence electrons. The molecule has 1 aliphatic rings. The highest BCUT2D eigenvalue weighted by Crippen LogP contribution is 2.33. The van der Waals surface area contributed by atoms with Gasteiger partial charge in [0, 0.05) is 38.7 Å². The van der Waals surface area contributed by atoms with Crippen molar-refractivity contribution in [2.75, 3.05) is 27.2 Å². The van der Waals surface area contributed by atoms with E-state index in [1.165, 1.54) is 5.56 Å². The van der Waals surface area contributed by atoms with Crippen molar-refractivity contribution in [1.29, 1.82) is 0 Å². The zero-order valence-corrected chi connectivity index (χ0v) is 14.6. The lowest BCUT2D eigenvalue weighted by atomic mass is 9.76. The molecule has 1 aromatic heterocycles. The summed E-state index contributed by atoms with van der Waals surface area (Å²) in [4.78, 5) is 14.4. The number of amides is 1. The Morgan fingerprint density at radius 1 is 1.33 bits per heavy atom. The standard InChI is InChI=1S/C19H25N3O2/c1-14-5-7-15(8-6-14)17-11-16(24-21-17)12-19(18(23)22(2)3)9-4-10-20-13-19/h5-8,11,20H,4,9-10,12-13H2,1-3H3/t19-/m1/s1. The Hall–Kier alpha value is -2.14. The van der Waals surface area contributed by atoms with Gasteiger partial charge in [-0.15, -0.1) is 0 Å². The zero-order valence-electron chi connectivity index (χ0n) is 14.6. The van der Waals surface area contributed by atoms with E-state index in [-0.39, 0.29) is 5.91 Å². The molecule has 1 atom stereocenters. The number of aromatic nitrogens is 1. The molecule has 0 radical (unpaired) electrons. The van der Waals surface area contributed by atoms with Gasteiger partial charge in [0.05, 0.1) is 5.41 Å². The van der Waals surface area contributed by atoms with Gasteiger partial charge in [0.1, 0.15) is 11.5 Å². The van der Waals surface area contributed by atoms with E-state index in [9.17, 15) is 4.79 Å². The molecule has 0 unspecified atom stereocenters. The summed E-state index contributed by atoms with van der Waals surface area (Å²) in [6.45, 7) is 3.71. The van der Waals surface area contributed by atoms with E-state index in [4.69, 9.17) is 4.52 Å². The van der Waals surface area contributed by atoms with Gasteiger partial charge in [0.2, 0.25) is 5.91 Å². The first kappa shape index (κ1) is 16.7. The van der Waals surface area contributed by atoms with E-state index in [0.29, 0.717) is 13.0 Å². The highest BCUT2D eigenvalue weighted by Gasteiger charge is 2.41. The second kappa shape index (κ2) is 6.77. The summed E-state index contributed by atoms with van der Waals surface area (Å²) in [5, 5.41) is 7.56. The molecule has 2 aromatic rings.